The molecule has 2 fully saturated rings. The number of esters is 1. The summed E-state index contributed by atoms with van der Waals surface area (Å²) in [5.41, 5.74) is -0.453. The first-order valence-corrected chi connectivity index (χ1v) is 15.4. The SMILES string of the molecule is COC(=O)c1ccc(-c2ccc(OC)c(-c3ccc(N4CCC4)nc3CN3C(=O)O[C@H](c4cc(C(F)(F)F)cc(C(F)(F)F)c4)[C@@H]3C)c2)nc1. The second kappa shape index (κ2) is 13.2. The van der Waals surface area contributed by atoms with E-state index in [1.807, 2.05) is 17.0 Å². The summed E-state index contributed by atoms with van der Waals surface area (Å²) in [5, 5.41) is 0. The third kappa shape index (κ3) is 6.76. The van der Waals surface area contributed by atoms with Gasteiger partial charge in [-0.1, -0.05) is 0 Å². The lowest BCUT2D eigenvalue weighted by Gasteiger charge is -2.33. The first-order valence-electron chi connectivity index (χ1n) is 15.4. The summed E-state index contributed by atoms with van der Waals surface area (Å²) in [5.74, 6) is 0.552. The number of methoxy groups -OCH3 is 2. The van der Waals surface area contributed by atoms with Gasteiger partial charge >= 0.3 is 24.4 Å². The van der Waals surface area contributed by atoms with Crippen molar-refractivity contribution in [2.24, 2.45) is 0 Å². The standard InChI is InChI=1S/C35H30F6N4O5/c1-19-31(22-13-23(34(36,37)38)16-24(14-22)35(39,40)41)50-33(47)45(19)18-28-25(7-10-30(43-28)44-11-4-12-44)26-15-20(6-9-29(26)48-2)27-8-5-21(17-42-27)32(46)49-3/h5-10,13-17,19,31H,4,11-12,18H2,1-3H3/t19-,31-/m0/s1. The summed E-state index contributed by atoms with van der Waals surface area (Å²) in [6.45, 7) is 2.84. The van der Waals surface area contributed by atoms with Gasteiger partial charge < -0.3 is 19.1 Å². The Morgan fingerprint density at radius 3 is 2.18 bits per heavy atom. The molecule has 0 N–H and O–H groups in total. The van der Waals surface area contributed by atoms with Crippen molar-refractivity contribution in [3.05, 3.63) is 94.8 Å². The topological polar surface area (TPSA) is 94.1 Å². The number of carbonyl (C=O) groups is 2. The minimum absolute atomic E-state index is 0.0324. The zero-order chi connectivity index (χ0) is 36.0. The van der Waals surface area contributed by atoms with Gasteiger partial charge in [-0.05, 0) is 79.6 Å². The quantitative estimate of drug-likeness (QED) is 0.135. The van der Waals surface area contributed by atoms with Crippen LogP contribution in [-0.4, -0.2) is 60.3 Å². The lowest BCUT2D eigenvalue weighted by atomic mass is 9.96. The molecule has 50 heavy (non-hydrogen) atoms. The molecule has 9 nitrogen and oxygen atoms in total. The number of alkyl halides is 6. The van der Waals surface area contributed by atoms with Gasteiger partial charge in [0.15, 0.2) is 0 Å². The summed E-state index contributed by atoms with van der Waals surface area (Å²) >= 11 is 0. The smallest absolute Gasteiger partial charge is 0.416 e. The highest BCUT2D eigenvalue weighted by molar-refractivity contribution is 5.89. The molecule has 4 heterocycles. The van der Waals surface area contributed by atoms with Crippen molar-refractivity contribution in [3.8, 4) is 28.1 Å². The van der Waals surface area contributed by atoms with Crippen molar-refractivity contribution in [1.82, 2.24) is 14.9 Å². The molecule has 2 atom stereocenters. The highest BCUT2D eigenvalue weighted by atomic mass is 19.4. The molecule has 4 aromatic rings. The molecule has 0 saturated carbocycles. The van der Waals surface area contributed by atoms with Gasteiger partial charge in [-0.15, -0.1) is 0 Å². The van der Waals surface area contributed by atoms with E-state index in [1.165, 1.54) is 32.2 Å². The van der Waals surface area contributed by atoms with E-state index in [-0.39, 0.29) is 18.2 Å². The van der Waals surface area contributed by atoms with Crippen LogP contribution in [0.15, 0.2) is 66.9 Å². The van der Waals surface area contributed by atoms with E-state index < -0.39 is 53.3 Å². The highest BCUT2D eigenvalue weighted by Crippen LogP contribution is 2.42. The fourth-order valence-corrected chi connectivity index (χ4v) is 5.92. The number of nitrogens with zero attached hydrogens (tertiary/aromatic N) is 4. The molecule has 2 aliphatic rings. The molecule has 1 amide bonds. The third-order valence-electron chi connectivity index (χ3n) is 8.76. The van der Waals surface area contributed by atoms with E-state index in [2.05, 4.69) is 4.98 Å². The summed E-state index contributed by atoms with van der Waals surface area (Å²) < 4.78 is 97.7. The number of ether oxygens (including phenoxy) is 3. The molecule has 0 unspecified atom stereocenters. The molecule has 2 aliphatic heterocycles. The van der Waals surface area contributed by atoms with Crippen LogP contribution in [0.5, 0.6) is 5.75 Å². The van der Waals surface area contributed by atoms with Crippen LogP contribution < -0.4 is 9.64 Å². The maximum atomic E-state index is 13.6. The number of hydrogen-bond donors (Lipinski definition) is 0. The molecule has 262 valence electrons. The van der Waals surface area contributed by atoms with Gasteiger partial charge in [0.2, 0.25) is 0 Å². The molecule has 2 saturated heterocycles. The van der Waals surface area contributed by atoms with Crippen LogP contribution in [0.4, 0.5) is 37.0 Å². The average molecular weight is 701 g/mol. The second-order valence-electron chi connectivity index (χ2n) is 11.9. The summed E-state index contributed by atoms with van der Waals surface area (Å²) in [6, 6.07) is 12.4. The van der Waals surface area contributed by atoms with E-state index in [0.29, 0.717) is 51.8 Å². The number of cyclic esters (lactones) is 1. The molecule has 15 heteroatoms. The number of anilines is 1. The highest BCUT2D eigenvalue weighted by Gasteiger charge is 2.43. The zero-order valence-electron chi connectivity index (χ0n) is 26.9. The Morgan fingerprint density at radius 1 is 0.920 bits per heavy atom. The van der Waals surface area contributed by atoms with Crippen molar-refractivity contribution >= 4 is 17.9 Å². The van der Waals surface area contributed by atoms with Gasteiger partial charge in [-0.2, -0.15) is 26.3 Å². The third-order valence-corrected chi connectivity index (χ3v) is 8.76. The van der Waals surface area contributed by atoms with Crippen LogP contribution in [0.3, 0.4) is 0 Å². The van der Waals surface area contributed by atoms with Crippen LogP contribution in [0, 0.1) is 0 Å². The Hall–Kier alpha value is -5.34. The Bertz CT molecular complexity index is 1900. The minimum atomic E-state index is -5.07. The summed E-state index contributed by atoms with van der Waals surface area (Å²) in [6.07, 6.45) is -10.1. The molecular formula is C35H30F6N4O5. The molecule has 2 aromatic carbocycles. The molecule has 6 rings (SSSR count). The number of amides is 1. The van der Waals surface area contributed by atoms with Crippen LogP contribution in [-0.2, 0) is 28.4 Å². The summed E-state index contributed by atoms with van der Waals surface area (Å²) in [4.78, 5) is 37.7. The van der Waals surface area contributed by atoms with Crippen LogP contribution >= 0.6 is 0 Å². The Kier molecular flexibility index (Phi) is 9.10. The van der Waals surface area contributed by atoms with E-state index >= 15 is 0 Å². The number of aromatic nitrogens is 2. The predicted octanol–water partition coefficient (Wildman–Crippen LogP) is 7.94. The number of halogens is 6. The Balaban J connectivity index is 1.38. The van der Waals surface area contributed by atoms with Crippen molar-refractivity contribution in [1.29, 1.82) is 0 Å². The maximum absolute atomic E-state index is 13.6. The largest absolute Gasteiger partial charge is 0.496 e. The molecule has 0 radical (unpaired) electrons. The fraction of sp³-hybridized carbons (Fsp3) is 0.314. The first-order chi connectivity index (χ1) is 23.7. The first kappa shape index (κ1) is 34.5. The van der Waals surface area contributed by atoms with Crippen LogP contribution in [0.25, 0.3) is 22.4 Å². The minimum Gasteiger partial charge on any atom is -0.496 e. The van der Waals surface area contributed by atoms with Crippen molar-refractivity contribution < 1.29 is 50.1 Å². The monoisotopic (exact) mass is 700 g/mol. The summed E-state index contributed by atoms with van der Waals surface area (Å²) in [7, 11) is 2.75. The normalized spacial score (nSPS) is 17.7. The van der Waals surface area contributed by atoms with E-state index in [9.17, 15) is 35.9 Å². The lowest BCUT2D eigenvalue weighted by Crippen LogP contribution is -2.38. The lowest BCUT2D eigenvalue weighted by molar-refractivity contribution is -0.143. The van der Waals surface area contributed by atoms with E-state index in [1.54, 1.807) is 30.3 Å². The number of carbonyl (C=O) groups excluding carboxylic acids is 2. The van der Waals surface area contributed by atoms with Crippen LogP contribution in [0.2, 0.25) is 0 Å². The van der Waals surface area contributed by atoms with Crippen molar-refractivity contribution in [2.45, 2.75) is 44.4 Å². The van der Waals surface area contributed by atoms with Gasteiger partial charge in [0.25, 0.3) is 0 Å². The number of benzene rings is 2. The molecule has 0 spiro atoms. The number of rotatable bonds is 8. The molecule has 2 aromatic heterocycles. The van der Waals surface area contributed by atoms with Gasteiger partial charge in [0.05, 0.1) is 54.9 Å². The number of pyridine rings is 2. The molecule has 0 bridgehead atoms. The van der Waals surface area contributed by atoms with E-state index in [4.69, 9.17) is 19.2 Å². The van der Waals surface area contributed by atoms with Crippen molar-refractivity contribution in [2.75, 3.05) is 32.2 Å². The fourth-order valence-electron chi connectivity index (χ4n) is 5.92. The van der Waals surface area contributed by atoms with Gasteiger partial charge in [-0.25, -0.2) is 14.6 Å². The zero-order valence-corrected chi connectivity index (χ0v) is 26.9. The predicted molar refractivity (Wildman–Crippen MR) is 168 cm³/mol. The van der Waals surface area contributed by atoms with E-state index in [0.717, 1.165) is 19.5 Å². The molecule has 0 aliphatic carbocycles. The van der Waals surface area contributed by atoms with Crippen molar-refractivity contribution in [3.63, 3.8) is 0 Å². The Morgan fingerprint density at radius 2 is 1.62 bits per heavy atom. The van der Waals surface area contributed by atoms with Gasteiger partial charge in [0, 0.05) is 36.0 Å². The van der Waals surface area contributed by atoms with Gasteiger partial charge in [-0.3, -0.25) is 9.88 Å². The maximum Gasteiger partial charge on any atom is 0.416 e. The molecular weight excluding hydrogens is 670 g/mol. The second-order valence-corrected chi connectivity index (χ2v) is 11.9. The Labute approximate surface area is 282 Å². The number of hydrogen-bond acceptors (Lipinski definition) is 8. The van der Waals surface area contributed by atoms with Gasteiger partial charge in [0.1, 0.15) is 17.7 Å². The average Bonchev–Trinajstić information content (AvgIpc) is 3.34. The van der Waals surface area contributed by atoms with Crippen LogP contribution in [0.1, 0.15) is 52.2 Å².